The normalized spacial score (nSPS) is 21.8. The summed E-state index contributed by atoms with van der Waals surface area (Å²) in [5.74, 6) is 0.276. The van der Waals surface area contributed by atoms with Crippen molar-refractivity contribution >= 4 is 34.3 Å². The summed E-state index contributed by atoms with van der Waals surface area (Å²) in [6.07, 6.45) is -1.38. The van der Waals surface area contributed by atoms with E-state index >= 15 is 0 Å². The average molecular weight is 452 g/mol. The highest BCUT2D eigenvalue weighted by atomic mass is 16.1. The lowest BCUT2D eigenvalue weighted by atomic mass is 10.0. The fraction of sp³-hybridized carbons (Fsp3) is 0.458. The third kappa shape index (κ3) is 4.08. The number of aromatic nitrogens is 4. The minimum Gasteiger partial charge on any atom is -0.368 e. The first-order chi connectivity index (χ1) is 17.5. The van der Waals surface area contributed by atoms with Crippen LogP contribution in [0.4, 0.5) is 17.5 Å². The molecule has 4 heterocycles. The Balaban J connectivity index is 1.55. The van der Waals surface area contributed by atoms with Gasteiger partial charge in [-0.15, -0.1) is 0 Å². The van der Waals surface area contributed by atoms with Crippen LogP contribution in [-0.4, -0.2) is 51.5 Å². The second kappa shape index (κ2) is 8.90. The van der Waals surface area contributed by atoms with E-state index in [1.165, 1.54) is 17.7 Å². The minimum atomic E-state index is -2.13. The molecule has 3 aromatic heterocycles. The number of nitrogens with zero attached hydrogens (tertiary/aromatic N) is 5. The molecule has 2 aliphatic rings. The van der Waals surface area contributed by atoms with E-state index < -0.39 is 30.1 Å². The first kappa shape index (κ1) is 17.2. The number of fused-ring (bicyclic) bond motifs is 1. The van der Waals surface area contributed by atoms with Crippen LogP contribution >= 0.6 is 0 Å². The maximum atomic E-state index is 13.5. The fourth-order valence-corrected chi connectivity index (χ4v) is 4.47. The zero-order valence-corrected chi connectivity index (χ0v) is 18.7. The van der Waals surface area contributed by atoms with Gasteiger partial charge in [-0.2, -0.15) is 4.98 Å². The van der Waals surface area contributed by atoms with Crippen LogP contribution in [0.25, 0.3) is 11.0 Å². The third-order valence-corrected chi connectivity index (χ3v) is 6.20. The van der Waals surface area contributed by atoms with Gasteiger partial charge in [0.15, 0.2) is 5.78 Å². The van der Waals surface area contributed by atoms with Gasteiger partial charge in [0.2, 0.25) is 5.95 Å². The van der Waals surface area contributed by atoms with Crippen LogP contribution in [0.3, 0.4) is 0 Å². The molecule has 9 nitrogen and oxygen atoms in total. The molecule has 5 rings (SSSR count). The van der Waals surface area contributed by atoms with Crippen molar-refractivity contribution < 1.29 is 10.3 Å². The Hall–Kier alpha value is -3.33. The standard InChI is InChI=1S/C24H29N7O2/c1-15-19-14-27-24(28-20-8-7-18(13-26-20)30-11-9-25-10-12-30)29-22(19)31(17-5-3-4-6-17)23(33)21(15)16(2)32/h7-8,13-14,17,25H,3-6,9-12H2,1-2H3,(H,26,27,28,29)/i3D2,4D2. The maximum Gasteiger partial charge on any atom is 0.263 e. The first-order valence-corrected chi connectivity index (χ1v) is 11.1. The number of hydrogen-bond donors (Lipinski definition) is 2. The molecule has 0 bridgehead atoms. The lowest BCUT2D eigenvalue weighted by molar-refractivity contribution is 0.101. The molecule has 2 N–H and O–H groups in total. The van der Waals surface area contributed by atoms with Crippen molar-refractivity contribution in [3.8, 4) is 0 Å². The van der Waals surface area contributed by atoms with Gasteiger partial charge in [-0.05, 0) is 44.4 Å². The molecule has 0 atom stereocenters. The summed E-state index contributed by atoms with van der Waals surface area (Å²) < 4.78 is 33.9. The molecule has 1 aliphatic heterocycles. The van der Waals surface area contributed by atoms with Gasteiger partial charge in [0.25, 0.3) is 5.56 Å². The summed E-state index contributed by atoms with van der Waals surface area (Å²) >= 11 is 0. The second-order valence-electron chi connectivity index (χ2n) is 8.34. The van der Waals surface area contributed by atoms with Crippen molar-refractivity contribution in [3.05, 3.63) is 46.0 Å². The van der Waals surface area contributed by atoms with Gasteiger partial charge >= 0.3 is 0 Å². The molecular weight excluding hydrogens is 418 g/mol. The number of nitrogens with one attached hydrogen (secondary N) is 2. The Morgan fingerprint density at radius 1 is 1.18 bits per heavy atom. The van der Waals surface area contributed by atoms with E-state index in [0.29, 0.717) is 16.8 Å². The van der Waals surface area contributed by atoms with E-state index in [-0.39, 0.29) is 30.0 Å². The number of aryl methyl sites for hydroxylation is 1. The molecule has 2 fully saturated rings. The molecule has 33 heavy (non-hydrogen) atoms. The quantitative estimate of drug-likeness (QED) is 0.571. The summed E-state index contributed by atoms with van der Waals surface area (Å²) in [5.41, 5.74) is 1.06. The monoisotopic (exact) mass is 451 g/mol. The highest BCUT2D eigenvalue weighted by Crippen LogP contribution is 2.32. The summed E-state index contributed by atoms with van der Waals surface area (Å²) in [6.45, 7) is 6.60. The van der Waals surface area contributed by atoms with Crippen LogP contribution in [0.15, 0.2) is 29.3 Å². The van der Waals surface area contributed by atoms with Crippen molar-refractivity contribution in [1.29, 1.82) is 0 Å². The van der Waals surface area contributed by atoms with Gasteiger partial charge in [-0.25, -0.2) is 9.97 Å². The Morgan fingerprint density at radius 2 is 1.94 bits per heavy atom. The molecule has 0 amide bonds. The van der Waals surface area contributed by atoms with Gasteiger partial charge in [0.1, 0.15) is 11.5 Å². The number of carbonyl (C=O) groups is 1. The zero-order valence-electron chi connectivity index (χ0n) is 22.7. The average Bonchev–Trinajstić information content (AvgIpc) is 3.06. The first-order valence-electron chi connectivity index (χ1n) is 13.1. The van der Waals surface area contributed by atoms with Crippen molar-refractivity contribution in [1.82, 2.24) is 24.8 Å². The molecule has 0 spiro atoms. The summed E-state index contributed by atoms with van der Waals surface area (Å²) in [6, 6.07) is 2.98. The van der Waals surface area contributed by atoms with Crippen LogP contribution in [-0.2, 0) is 0 Å². The van der Waals surface area contributed by atoms with Crippen molar-refractivity contribution in [2.24, 2.45) is 0 Å². The number of anilines is 3. The highest BCUT2D eigenvalue weighted by molar-refractivity contribution is 5.99. The number of Topliss-reactive ketones (excluding diaryl/α,β-unsaturated/α-hetero) is 1. The van der Waals surface area contributed by atoms with Gasteiger partial charge in [0.05, 0.1) is 17.4 Å². The number of carbonyl (C=O) groups excluding carboxylic acids is 1. The van der Waals surface area contributed by atoms with E-state index in [1.807, 2.05) is 12.1 Å². The molecule has 0 aromatic carbocycles. The zero-order chi connectivity index (χ0) is 26.5. The number of rotatable bonds is 5. The summed E-state index contributed by atoms with van der Waals surface area (Å²) in [7, 11) is 0. The van der Waals surface area contributed by atoms with Crippen LogP contribution in [0.1, 0.15) is 60.0 Å². The Morgan fingerprint density at radius 3 is 2.61 bits per heavy atom. The van der Waals surface area contributed by atoms with Crippen molar-refractivity contribution in [2.45, 2.75) is 45.5 Å². The number of ketones is 1. The topological polar surface area (TPSA) is 105 Å². The van der Waals surface area contributed by atoms with E-state index in [9.17, 15) is 9.59 Å². The largest absolute Gasteiger partial charge is 0.368 e. The minimum absolute atomic E-state index is 0.0185. The molecule has 3 aromatic rings. The van der Waals surface area contributed by atoms with Crippen molar-refractivity contribution in [3.63, 3.8) is 0 Å². The molecule has 0 unspecified atom stereocenters. The molecule has 0 radical (unpaired) electrons. The summed E-state index contributed by atoms with van der Waals surface area (Å²) in [4.78, 5) is 41.5. The fourth-order valence-electron chi connectivity index (χ4n) is 4.47. The number of pyridine rings is 2. The lowest BCUT2D eigenvalue weighted by Gasteiger charge is -2.29. The predicted molar refractivity (Wildman–Crippen MR) is 129 cm³/mol. The van der Waals surface area contributed by atoms with E-state index in [0.717, 1.165) is 31.9 Å². The van der Waals surface area contributed by atoms with Gasteiger partial charge < -0.3 is 15.5 Å². The SMILES string of the molecule is [2H]C1([2H])CC(n2c(=O)c(C(C)=O)c(C)c3cnc(Nc4ccc(N5CCNCC5)cn4)nc32)CC1([2H])[2H]. The lowest BCUT2D eigenvalue weighted by Crippen LogP contribution is -2.43. The molecule has 1 saturated carbocycles. The van der Waals surface area contributed by atoms with Crippen LogP contribution in [0, 0.1) is 6.92 Å². The molecular formula is C24H29N7O2. The van der Waals surface area contributed by atoms with Gasteiger partial charge in [0, 0.05) is 49.3 Å². The molecule has 9 heteroatoms. The number of piperazine rings is 1. The Bertz CT molecular complexity index is 1400. The predicted octanol–water partition coefficient (Wildman–Crippen LogP) is 2.97. The molecule has 1 saturated heterocycles. The number of hydrogen-bond acceptors (Lipinski definition) is 8. The van der Waals surface area contributed by atoms with E-state index in [1.54, 1.807) is 13.1 Å². The van der Waals surface area contributed by atoms with E-state index in [4.69, 9.17) is 5.48 Å². The molecule has 1 aliphatic carbocycles. The highest BCUT2D eigenvalue weighted by Gasteiger charge is 2.25. The third-order valence-electron chi connectivity index (χ3n) is 6.20. The molecule has 172 valence electrons. The van der Waals surface area contributed by atoms with Gasteiger partial charge in [-0.3, -0.25) is 14.2 Å². The van der Waals surface area contributed by atoms with Crippen LogP contribution < -0.4 is 21.1 Å². The Kier molecular flexibility index (Phi) is 4.63. The van der Waals surface area contributed by atoms with E-state index in [2.05, 4.69) is 30.5 Å². The Labute approximate surface area is 197 Å². The maximum absolute atomic E-state index is 13.5. The smallest absolute Gasteiger partial charge is 0.263 e. The summed E-state index contributed by atoms with van der Waals surface area (Å²) in [5, 5.41) is 6.85. The van der Waals surface area contributed by atoms with Crippen LogP contribution in [0.5, 0.6) is 0 Å². The second-order valence-corrected chi connectivity index (χ2v) is 8.34. The van der Waals surface area contributed by atoms with Gasteiger partial charge in [-0.1, -0.05) is 12.7 Å². The van der Waals surface area contributed by atoms with Crippen molar-refractivity contribution in [2.75, 3.05) is 36.4 Å². The van der Waals surface area contributed by atoms with Crippen LogP contribution in [0.2, 0.25) is 0 Å².